The first-order valence-corrected chi connectivity index (χ1v) is 11.3. The monoisotopic (exact) mass is 450 g/mol. The van der Waals surface area contributed by atoms with Crippen molar-refractivity contribution in [1.82, 2.24) is 10.6 Å². The minimum atomic E-state index is -1.05. The molecule has 2 aromatic rings. The van der Waals surface area contributed by atoms with Gasteiger partial charge in [-0.05, 0) is 40.0 Å². The summed E-state index contributed by atoms with van der Waals surface area (Å²) < 4.78 is 5.53. The van der Waals surface area contributed by atoms with Crippen LogP contribution in [-0.4, -0.2) is 42.3 Å². The zero-order valence-electron chi connectivity index (χ0n) is 19.1. The van der Waals surface area contributed by atoms with E-state index in [0.717, 1.165) is 11.1 Å². The van der Waals surface area contributed by atoms with Crippen molar-refractivity contribution in [1.29, 1.82) is 0 Å². The molecule has 2 amide bonds. The molecule has 3 atom stereocenters. The number of fused-ring (bicyclic) bond motifs is 3. The number of aliphatic carboxylic acids is 1. The molecule has 0 aliphatic heterocycles. The van der Waals surface area contributed by atoms with Gasteiger partial charge < -0.3 is 20.5 Å². The van der Waals surface area contributed by atoms with Gasteiger partial charge in [0.25, 0.3) is 0 Å². The number of rotatable bonds is 7. The number of benzene rings is 2. The zero-order chi connectivity index (χ0) is 23.8. The van der Waals surface area contributed by atoms with Crippen LogP contribution in [0.15, 0.2) is 48.5 Å². The molecule has 4 rings (SSSR count). The molecule has 0 heterocycles. The van der Waals surface area contributed by atoms with Crippen LogP contribution in [0.5, 0.6) is 0 Å². The third-order valence-corrected chi connectivity index (χ3v) is 6.51. The minimum Gasteiger partial charge on any atom is -0.480 e. The second-order valence-corrected chi connectivity index (χ2v) is 9.95. The summed E-state index contributed by atoms with van der Waals surface area (Å²) in [4.78, 5) is 36.2. The van der Waals surface area contributed by atoms with Crippen molar-refractivity contribution in [3.63, 3.8) is 0 Å². The summed E-state index contributed by atoms with van der Waals surface area (Å²) >= 11 is 0. The molecule has 174 valence electrons. The molecular formula is C26H30N2O5. The van der Waals surface area contributed by atoms with Crippen molar-refractivity contribution in [3.05, 3.63) is 59.7 Å². The topological polar surface area (TPSA) is 105 Å². The molecule has 7 heteroatoms. The van der Waals surface area contributed by atoms with Gasteiger partial charge in [0.2, 0.25) is 5.91 Å². The molecular weight excluding hydrogens is 420 g/mol. The molecule has 0 aromatic heterocycles. The Labute approximate surface area is 193 Å². The lowest BCUT2D eigenvalue weighted by Gasteiger charge is -2.27. The number of nitrogens with one attached hydrogen (secondary N) is 2. The van der Waals surface area contributed by atoms with Crippen molar-refractivity contribution < 1.29 is 24.2 Å². The van der Waals surface area contributed by atoms with E-state index in [9.17, 15) is 19.5 Å². The number of ether oxygens (including phenoxy) is 1. The van der Waals surface area contributed by atoms with Gasteiger partial charge in [-0.3, -0.25) is 4.79 Å². The first-order valence-electron chi connectivity index (χ1n) is 11.3. The Balaban J connectivity index is 1.26. The summed E-state index contributed by atoms with van der Waals surface area (Å²) in [6.45, 7) is 5.88. The van der Waals surface area contributed by atoms with Crippen molar-refractivity contribution in [2.45, 2.75) is 39.2 Å². The molecule has 2 aliphatic carbocycles. The summed E-state index contributed by atoms with van der Waals surface area (Å²) in [5.74, 6) is -1.64. The lowest BCUT2D eigenvalue weighted by molar-refractivity contribution is -0.145. The van der Waals surface area contributed by atoms with E-state index < -0.39 is 23.5 Å². The number of carboxylic acid groups (broad SMARTS) is 1. The summed E-state index contributed by atoms with van der Waals surface area (Å²) in [5.41, 5.74) is 4.05. The minimum absolute atomic E-state index is 0.00653. The number of alkyl carbamates (subject to hydrolysis) is 1. The molecule has 33 heavy (non-hydrogen) atoms. The smallest absolute Gasteiger partial charge is 0.407 e. The van der Waals surface area contributed by atoms with Crippen LogP contribution in [0.3, 0.4) is 0 Å². The van der Waals surface area contributed by atoms with Crippen LogP contribution >= 0.6 is 0 Å². The normalized spacial score (nSPS) is 19.7. The van der Waals surface area contributed by atoms with E-state index in [1.807, 2.05) is 24.3 Å². The number of hydrogen-bond acceptors (Lipinski definition) is 4. The zero-order valence-corrected chi connectivity index (χ0v) is 19.1. The van der Waals surface area contributed by atoms with E-state index in [-0.39, 0.29) is 30.3 Å². The maximum atomic E-state index is 12.4. The van der Waals surface area contributed by atoms with Crippen LogP contribution in [0.1, 0.15) is 44.2 Å². The van der Waals surface area contributed by atoms with E-state index in [2.05, 4.69) is 34.9 Å². The van der Waals surface area contributed by atoms with Gasteiger partial charge in [0, 0.05) is 18.4 Å². The quantitative estimate of drug-likeness (QED) is 0.596. The molecule has 0 saturated heterocycles. The maximum Gasteiger partial charge on any atom is 0.407 e. The van der Waals surface area contributed by atoms with Crippen molar-refractivity contribution in [2.24, 2.45) is 17.3 Å². The number of carbonyl (C=O) groups excluding carboxylic acids is 2. The third kappa shape index (κ3) is 4.87. The van der Waals surface area contributed by atoms with Crippen molar-refractivity contribution >= 4 is 18.0 Å². The van der Waals surface area contributed by atoms with Crippen molar-refractivity contribution in [2.75, 3.05) is 13.2 Å². The van der Waals surface area contributed by atoms with Gasteiger partial charge in [0.05, 0.1) is 0 Å². The van der Waals surface area contributed by atoms with Gasteiger partial charge in [-0.25, -0.2) is 9.59 Å². The molecule has 2 aromatic carbocycles. The average Bonchev–Trinajstić information content (AvgIpc) is 3.48. The molecule has 3 N–H and O–H groups in total. The predicted octanol–water partition coefficient (Wildman–Crippen LogP) is 3.78. The maximum absolute atomic E-state index is 12.4. The van der Waals surface area contributed by atoms with Crippen LogP contribution in [0.4, 0.5) is 4.79 Å². The Bertz CT molecular complexity index is 1030. The first kappa shape index (κ1) is 22.8. The molecule has 0 radical (unpaired) electrons. The third-order valence-electron chi connectivity index (χ3n) is 6.51. The summed E-state index contributed by atoms with van der Waals surface area (Å²) in [6, 6.07) is 15.3. The van der Waals surface area contributed by atoms with E-state index in [0.29, 0.717) is 13.0 Å². The Morgan fingerprint density at radius 2 is 1.61 bits per heavy atom. The SMILES string of the molecule is CC(C)(C)[C@H](NC(=O)[C@H]1C[C@H]1CNC(=O)OCC1c2ccccc2-c2ccccc21)C(=O)O. The largest absolute Gasteiger partial charge is 0.480 e. The number of amides is 2. The van der Waals surface area contributed by atoms with Crippen LogP contribution in [0.2, 0.25) is 0 Å². The summed E-state index contributed by atoms with van der Waals surface area (Å²) in [7, 11) is 0. The number of carboxylic acids is 1. The number of carbonyl (C=O) groups is 3. The molecule has 7 nitrogen and oxygen atoms in total. The Kier molecular flexibility index (Phi) is 6.15. The summed E-state index contributed by atoms with van der Waals surface area (Å²) in [5, 5.41) is 14.8. The predicted molar refractivity (Wildman–Crippen MR) is 124 cm³/mol. The van der Waals surface area contributed by atoms with Gasteiger partial charge >= 0.3 is 12.1 Å². The summed E-state index contributed by atoms with van der Waals surface area (Å²) in [6.07, 6.45) is 0.104. The second kappa shape index (κ2) is 8.89. The Morgan fingerprint density at radius 1 is 1.03 bits per heavy atom. The van der Waals surface area contributed by atoms with Crippen LogP contribution in [0, 0.1) is 17.3 Å². The fourth-order valence-corrected chi connectivity index (χ4v) is 4.56. The van der Waals surface area contributed by atoms with Crippen molar-refractivity contribution in [3.8, 4) is 11.1 Å². The first-order chi connectivity index (χ1) is 15.7. The fraction of sp³-hybridized carbons (Fsp3) is 0.423. The highest BCUT2D eigenvalue weighted by molar-refractivity contribution is 5.87. The van der Waals surface area contributed by atoms with Gasteiger partial charge in [0.1, 0.15) is 12.6 Å². The van der Waals surface area contributed by atoms with Gasteiger partial charge in [0.15, 0.2) is 0 Å². The Morgan fingerprint density at radius 3 is 2.15 bits per heavy atom. The highest BCUT2D eigenvalue weighted by Crippen LogP contribution is 2.44. The van der Waals surface area contributed by atoms with E-state index in [1.165, 1.54) is 11.1 Å². The van der Waals surface area contributed by atoms with Gasteiger partial charge in [-0.1, -0.05) is 69.3 Å². The molecule has 1 fully saturated rings. The van der Waals surface area contributed by atoms with Crippen LogP contribution in [0.25, 0.3) is 11.1 Å². The second-order valence-electron chi connectivity index (χ2n) is 9.95. The molecule has 0 bridgehead atoms. The lowest BCUT2D eigenvalue weighted by Crippen LogP contribution is -2.49. The van der Waals surface area contributed by atoms with Crippen LogP contribution < -0.4 is 10.6 Å². The fourth-order valence-electron chi connectivity index (χ4n) is 4.56. The van der Waals surface area contributed by atoms with Gasteiger partial charge in [-0.15, -0.1) is 0 Å². The molecule has 0 unspecified atom stereocenters. The lowest BCUT2D eigenvalue weighted by atomic mass is 9.86. The van der Waals surface area contributed by atoms with E-state index in [1.54, 1.807) is 20.8 Å². The van der Waals surface area contributed by atoms with E-state index >= 15 is 0 Å². The molecule has 0 spiro atoms. The Hall–Kier alpha value is -3.35. The number of hydrogen-bond donors (Lipinski definition) is 3. The van der Waals surface area contributed by atoms with Gasteiger partial charge in [-0.2, -0.15) is 0 Å². The van der Waals surface area contributed by atoms with Crippen LogP contribution in [-0.2, 0) is 14.3 Å². The average molecular weight is 451 g/mol. The highest BCUT2D eigenvalue weighted by Gasteiger charge is 2.45. The molecule has 1 saturated carbocycles. The molecule has 2 aliphatic rings. The standard InChI is InChI=1S/C26H30N2O5/c1-26(2,3)22(24(30)31)28-23(29)20-12-15(20)13-27-25(32)33-14-21-18-10-6-4-8-16(18)17-9-5-7-11-19(17)21/h4-11,15,20-22H,12-14H2,1-3H3,(H,27,32)(H,28,29)(H,30,31)/t15-,20-,22+/m0/s1. The highest BCUT2D eigenvalue weighted by atomic mass is 16.5. The van der Waals surface area contributed by atoms with E-state index in [4.69, 9.17) is 4.74 Å².